The monoisotopic (exact) mass is 267 g/mol. The van der Waals surface area contributed by atoms with E-state index in [0.29, 0.717) is 0 Å². The molecular formula is C16H33N3. The summed E-state index contributed by atoms with van der Waals surface area (Å²) in [7, 11) is 0. The van der Waals surface area contributed by atoms with Crippen LogP contribution in [0, 0.1) is 5.92 Å². The van der Waals surface area contributed by atoms with Crippen LogP contribution in [0.2, 0.25) is 0 Å². The van der Waals surface area contributed by atoms with E-state index < -0.39 is 0 Å². The van der Waals surface area contributed by atoms with E-state index in [9.17, 15) is 0 Å². The average Bonchev–Trinajstić information content (AvgIpc) is 2.84. The second-order valence-electron chi connectivity index (χ2n) is 6.42. The van der Waals surface area contributed by atoms with Gasteiger partial charge in [-0.2, -0.15) is 0 Å². The number of likely N-dealkylation sites (N-methyl/N-ethyl adjacent to an activating group) is 1. The molecule has 0 aromatic rings. The molecule has 1 aliphatic heterocycles. The summed E-state index contributed by atoms with van der Waals surface area (Å²) < 4.78 is 0. The molecule has 19 heavy (non-hydrogen) atoms. The maximum atomic E-state index is 3.68. The zero-order valence-corrected chi connectivity index (χ0v) is 13.2. The Balaban J connectivity index is 1.71. The molecule has 0 amide bonds. The Morgan fingerprint density at radius 3 is 2.68 bits per heavy atom. The first-order valence-electron chi connectivity index (χ1n) is 8.44. The molecule has 0 bridgehead atoms. The van der Waals surface area contributed by atoms with E-state index in [1.54, 1.807) is 0 Å². The van der Waals surface area contributed by atoms with Gasteiger partial charge in [0, 0.05) is 31.7 Å². The fraction of sp³-hybridized carbons (Fsp3) is 1.00. The number of rotatable bonds is 6. The van der Waals surface area contributed by atoms with Crippen molar-refractivity contribution in [1.29, 1.82) is 0 Å². The first-order valence-corrected chi connectivity index (χ1v) is 8.44. The molecule has 0 radical (unpaired) electrons. The topological polar surface area (TPSA) is 18.5 Å². The van der Waals surface area contributed by atoms with E-state index in [1.807, 2.05) is 0 Å². The molecule has 1 heterocycles. The third-order valence-electron chi connectivity index (χ3n) is 5.20. The van der Waals surface area contributed by atoms with Crippen LogP contribution in [0.1, 0.15) is 46.5 Å². The number of hydrogen-bond donors (Lipinski definition) is 1. The van der Waals surface area contributed by atoms with E-state index in [1.165, 1.54) is 58.4 Å². The Kier molecular flexibility index (Phi) is 6.11. The standard InChI is InChI=1S/C16H33N3/c1-4-17-16-8-6-7-15(16)9-10-18-11-12-19(5-2)14(3)13-18/h14-17H,4-13H2,1-3H3. The van der Waals surface area contributed by atoms with E-state index in [-0.39, 0.29) is 0 Å². The van der Waals surface area contributed by atoms with Crippen molar-refractivity contribution in [3.05, 3.63) is 0 Å². The van der Waals surface area contributed by atoms with Gasteiger partial charge in [0.05, 0.1) is 0 Å². The summed E-state index contributed by atoms with van der Waals surface area (Å²) in [6.07, 6.45) is 5.68. The minimum atomic E-state index is 0.742. The molecule has 0 aromatic carbocycles. The second-order valence-corrected chi connectivity index (χ2v) is 6.42. The van der Waals surface area contributed by atoms with Gasteiger partial charge in [-0.1, -0.05) is 20.3 Å². The fourth-order valence-corrected chi connectivity index (χ4v) is 4.01. The third kappa shape index (κ3) is 4.17. The highest BCUT2D eigenvalue weighted by Crippen LogP contribution is 2.28. The average molecular weight is 267 g/mol. The quantitative estimate of drug-likeness (QED) is 0.796. The molecule has 2 rings (SSSR count). The van der Waals surface area contributed by atoms with Crippen LogP contribution in [0.15, 0.2) is 0 Å². The van der Waals surface area contributed by atoms with Crippen molar-refractivity contribution < 1.29 is 0 Å². The molecule has 1 N–H and O–H groups in total. The van der Waals surface area contributed by atoms with Gasteiger partial charge in [0.25, 0.3) is 0 Å². The SMILES string of the molecule is CCNC1CCCC1CCN1CCN(CC)C(C)C1. The second kappa shape index (κ2) is 7.61. The van der Waals surface area contributed by atoms with E-state index in [0.717, 1.165) is 24.5 Å². The van der Waals surface area contributed by atoms with Crippen molar-refractivity contribution >= 4 is 0 Å². The summed E-state index contributed by atoms with van der Waals surface area (Å²) in [6.45, 7) is 14.4. The maximum absolute atomic E-state index is 3.68. The molecule has 0 aromatic heterocycles. The van der Waals surface area contributed by atoms with Gasteiger partial charge < -0.3 is 10.2 Å². The van der Waals surface area contributed by atoms with Crippen molar-refractivity contribution in [1.82, 2.24) is 15.1 Å². The van der Waals surface area contributed by atoms with Crippen LogP contribution in [0.25, 0.3) is 0 Å². The highest BCUT2D eigenvalue weighted by Gasteiger charge is 2.28. The molecule has 1 saturated carbocycles. The normalized spacial score (nSPS) is 33.9. The van der Waals surface area contributed by atoms with Crippen molar-refractivity contribution in [3.8, 4) is 0 Å². The molecule has 2 fully saturated rings. The number of nitrogens with one attached hydrogen (secondary N) is 1. The number of hydrogen-bond acceptors (Lipinski definition) is 3. The van der Waals surface area contributed by atoms with E-state index >= 15 is 0 Å². The van der Waals surface area contributed by atoms with Gasteiger partial charge in [-0.15, -0.1) is 0 Å². The lowest BCUT2D eigenvalue weighted by molar-refractivity contribution is 0.0832. The van der Waals surface area contributed by atoms with Crippen molar-refractivity contribution in [2.75, 3.05) is 39.3 Å². The third-order valence-corrected chi connectivity index (χ3v) is 5.20. The van der Waals surface area contributed by atoms with E-state index in [4.69, 9.17) is 0 Å². The van der Waals surface area contributed by atoms with Crippen LogP contribution in [-0.2, 0) is 0 Å². The smallest absolute Gasteiger partial charge is 0.0195 e. The van der Waals surface area contributed by atoms with Crippen LogP contribution in [0.3, 0.4) is 0 Å². The van der Waals surface area contributed by atoms with Crippen molar-refractivity contribution in [3.63, 3.8) is 0 Å². The van der Waals surface area contributed by atoms with Crippen LogP contribution in [0.4, 0.5) is 0 Å². The molecular weight excluding hydrogens is 234 g/mol. The fourth-order valence-electron chi connectivity index (χ4n) is 4.01. The summed E-state index contributed by atoms with van der Waals surface area (Å²) in [6, 6.07) is 1.55. The van der Waals surface area contributed by atoms with Crippen LogP contribution in [0.5, 0.6) is 0 Å². The van der Waals surface area contributed by atoms with Gasteiger partial charge in [-0.05, 0) is 51.7 Å². The molecule has 0 spiro atoms. The predicted octanol–water partition coefficient (Wildman–Crippen LogP) is 2.18. The zero-order chi connectivity index (χ0) is 13.7. The highest BCUT2D eigenvalue weighted by atomic mass is 15.3. The Bertz CT molecular complexity index is 256. The summed E-state index contributed by atoms with van der Waals surface area (Å²) in [5.74, 6) is 0.930. The van der Waals surface area contributed by atoms with Gasteiger partial charge >= 0.3 is 0 Å². The van der Waals surface area contributed by atoms with Gasteiger partial charge in [0.15, 0.2) is 0 Å². The number of piperazine rings is 1. The lowest BCUT2D eigenvalue weighted by atomic mass is 9.98. The molecule has 1 saturated heterocycles. The van der Waals surface area contributed by atoms with Crippen LogP contribution >= 0.6 is 0 Å². The van der Waals surface area contributed by atoms with Gasteiger partial charge in [0.1, 0.15) is 0 Å². The Morgan fingerprint density at radius 2 is 2.00 bits per heavy atom. The summed E-state index contributed by atoms with van der Waals surface area (Å²) >= 11 is 0. The first kappa shape index (κ1) is 15.3. The summed E-state index contributed by atoms with van der Waals surface area (Å²) in [5, 5.41) is 3.68. The molecule has 3 nitrogen and oxygen atoms in total. The Labute approximate surface area is 119 Å². The molecule has 3 unspecified atom stereocenters. The van der Waals surface area contributed by atoms with Gasteiger partial charge in [-0.25, -0.2) is 0 Å². The molecule has 3 atom stereocenters. The maximum Gasteiger partial charge on any atom is 0.0195 e. The molecule has 1 aliphatic carbocycles. The zero-order valence-electron chi connectivity index (χ0n) is 13.2. The van der Waals surface area contributed by atoms with Crippen molar-refractivity contribution in [2.24, 2.45) is 5.92 Å². The summed E-state index contributed by atoms with van der Waals surface area (Å²) in [4.78, 5) is 5.30. The van der Waals surface area contributed by atoms with Crippen LogP contribution in [-0.4, -0.2) is 61.2 Å². The number of nitrogens with zero attached hydrogens (tertiary/aromatic N) is 2. The Hall–Kier alpha value is -0.120. The molecule has 3 heteroatoms. The lowest BCUT2D eigenvalue weighted by Crippen LogP contribution is -2.52. The predicted molar refractivity (Wildman–Crippen MR) is 82.6 cm³/mol. The van der Waals surface area contributed by atoms with Gasteiger partial charge in [-0.3, -0.25) is 4.90 Å². The Morgan fingerprint density at radius 1 is 1.16 bits per heavy atom. The minimum absolute atomic E-state index is 0.742. The van der Waals surface area contributed by atoms with E-state index in [2.05, 4.69) is 35.9 Å². The largest absolute Gasteiger partial charge is 0.314 e. The van der Waals surface area contributed by atoms with Gasteiger partial charge in [0.2, 0.25) is 0 Å². The van der Waals surface area contributed by atoms with Crippen molar-refractivity contribution in [2.45, 2.75) is 58.5 Å². The molecule has 112 valence electrons. The molecule has 2 aliphatic rings. The first-order chi connectivity index (χ1) is 9.24. The van der Waals surface area contributed by atoms with Crippen LogP contribution < -0.4 is 5.32 Å². The minimum Gasteiger partial charge on any atom is -0.314 e. The summed E-state index contributed by atoms with van der Waals surface area (Å²) in [5.41, 5.74) is 0. The lowest BCUT2D eigenvalue weighted by Gasteiger charge is -2.39. The highest BCUT2D eigenvalue weighted by molar-refractivity contribution is 4.85.